The first-order valence-electron chi connectivity index (χ1n) is 5.85. The first-order chi connectivity index (χ1) is 8.75. The Labute approximate surface area is 105 Å². The van der Waals surface area contributed by atoms with Crippen molar-refractivity contribution in [3.05, 3.63) is 48.3 Å². The number of imidazole rings is 1. The van der Waals surface area contributed by atoms with Crippen LogP contribution in [0, 0.1) is 6.92 Å². The monoisotopic (exact) mass is 238 g/mol. The fraction of sp³-hybridized carbons (Fsp3) is 0.143. The minimum absolute atomic E-state index is 0.838. The molecule has 0 bridgehead atoms. The summed E-state index contributed by atoms with van der Waals surface area (Å²) < 4.78 is 0. The van der Waals surface area contributed by atoms with Crippen molar-refractivity contribution in [1.29, 1.82) is 0 Å². The summed E-state index contributed by atoms with van der Waals surface area (Å²) in [6.45, 7) is 2.04. The van der Waals surface area contributed by atoms with Gasteiger partial charge in [-0.25, -0.2) is 4.98 Å². The third-order valence-electron chi connectivity index (χ3n) is 3.05. The first-order valence-corrected chi connectivity index (χ1v) is 5.85. The topological polar surface area (TPSA) is 44.8 Å². The molecule has 2 heterocycles. The Hall–Kier alpha value is -2.36. The van der Waals surface area contributed by atoms with Crippen LogP contribution in [0.2, 0.25) is 0 Å². The number of pyridine rings is 1. The van der Waals surface area contributed by atoms with Gasteiger partial charge in [-0.05, 0) is 30.7 Å². The molecule has 0 aliphatic carbocycles. The molecule has 0 fully saturated rings. The van der Waals surface area contributed by atoms with Crippen molar-refractivity contribution < 1.29 is 0 Å². The van der Waals surface area contributed by atoms with Gasteiger partial charge in [-0.1, -0.05) is 12.1 Å². The molecule has 0 aliphatic heterocycles. The van der Waals surface area contributed by atoms with Crippen molar-refractivity contribution in [2.24, 2.45) is 0 Å². The van der Waals surface area contributed by atoms with Crippen LogP contribution in [0.5, 0.6) is 0 Å². The fourth-order valence-electron chi connectivity index (χ4n) is 2.05. The molecular weight excluding hydrogens is 224 g/mol. The maximum Gasteiger partial charge on any atom is 0.208 e. The second-order valence-electron chi connectivity index (χ2n) is 4.30. The van der Waals surface area contributed by atoms with Crippen molar-refractivity contribution in [2.75, 3.05) is 11.9 Å². The highest BCUT2D eigenvalue weighted by Gasteiger charge is 2.10. The van der Waals surface area contributed by atoms with Gasteiger partial charge in [0.05, 0.1) is 11.0 Å². The van der Waals surface area contributed by atoms with E-state index in [0.29, 0.717) is 0 Å². The highest BCUT2D eigenvalue weighted by atomic mass is 15.2. The summed E-state index contributed by atoms with van der Waals surface area (Å²) in [4.78, 5) is 14.0. The first kappa shape index (κ1) is 10.8. The molecule has 0 spiro atoms. The Morgan fingerprint density at radius 2 is 2.00 bits per heavy atom. The van der Waals surface area contributed by atoms with E-state index < -0.39 is 0 Å². The van der Waals surface area contributed by atoms with Crippen LogP contribution in [0.15, 0.2) is 42.7 Å². The molecular formula is C14H14N4. The van der Waals surface area contributed by atoms with Crippen LogP contribution in [-0.2, 0) is 0 Å². The Morgan fingerprint density at radius 1 is 1.17 bits per heavy atom. The highest BCUT2D eigenvalue weighted by molar-refractivity contribution is 5.78. The Kier molecular flexibility index (Phi) is 2.48. The molecule has 0 aliphatic rings. The molecule has 4 nitrogen and oxygen atoms in total. The van der Waals surface area contributed by atoms with Gasteiger partial charge in [0, 0.05) is 25.1 Å². The van der Waals surface area contributed by atoms with Gasteiger partial charge in [-0.3, -0.25) is 4.98 Å². The summed E-state index contributed by atoms with van der Waals surface area (Å²) in [6, 6.07) is 10.0. The van der Waals surface area contributed by atoms with E-state index in [1.165, 1.54) is 0 Å². The van der Waals surface area contributed by atoms with E-state index in [9.17, 15) is 0 Å². The molecule has 1 aromatic carbocycles. The molecule has 0 unspecified atom stereocenters. The lowest BCUT2D eigenvalue weighted by molar-refractivity contribution is 1.08. The van der Waals surface area contributed by atoms with Crippen LogP contribution < -0.4 is 4.90 Å². The van der Waals surface area contributed by atoms with Gasteiger partial charge in [0.15, 0.2) is 0 Å². The van der Waals surface area contributed by atoms with Crippen LogP contribution in [-0.4, -0.2) is 22.0 Å². The van der Waals surface area contributed by atoms with Crippen molar-refractivity contribution >= 4 is 22.7 Å². The number of fused-ring (bicyclic) bond motifs is 1. The van der Waals surface area contributed by atoms with E-state index in [1.807, 2.05) is 55.4 Å². The van der Waals surface area contributed by atoms with Gasteiger partial charge in [-0.2, -0.15) is 0 Å². The van der Waals surface area contributed by atoms with Crippen LogP contribution in [0.4, 0.5) is 11.6 Å². The minimum atomic E-state index is 0.838. The third-order valence-corrected chi connectivity index (χ3v) is 3.05. The van der Waals surface area contributed by atoms with Gasteiger partial charge in [-0.15, -0.1) is 0 Å². The molecule has 2 aromatic heterocycles. The van der Waals surface area contributed by atoms with Crippen molar-refractivity contribution in [1.82, 2.24) is 15.0 Å². The number of nitrogens with zero attached hydrogens (tertiary/aromatic N) is 3. The number of aryl methyl sites for hydroxylation is 1. The number of rotatable bonds is 2. The lowest BCUT2D eigenvalue weighted by atomic mass is 10.2. The standard InChI is InChI=1S/C14H14N4/c1-10-9-15-8-7-13(10)18(2)14-16-11-5-3-4-6-12(11)17-14/h3-9H,1-2H3,(H,16,17). The van der Waals surface area contributed by atoms with Gasteiger partial charge in [0.2, 0.25) is 5.95 Å². The summed E-state index contributed by atoms with van der Waals surface area (Å²) in [5, 5.41) is 0. The SMILES string of the molecule is Cc1cnccc1N(C)c1nc2ccccc2[nH]1. The van der Waals surface area contributed by atoms with E-state index in [0.717, 1.165) is 28.2 Å². The number of hydrogen-bond acceptors (Lipinski definition) is 3. The van der Waals surface area contributed by atoms with Crippen molar-refractivity contribution in [2.45, 2.75) is 6.92 Å². The molecule has 0 atom stereocenters. The smallest absolute Gasteiger partial charge is 0.208 e. The molecule has 0 saturated heterocycles. The number of aromatic amines is 1. The lowest BCUT2D eigenvalue weighted by Crippen LogP contribution is -2.12. The van der Waals surface area contributed by atoms with E-state index >= 15 is 0 Å². The maximum absolute atomic E-state index is 4.58. The lowest BCUT2D eigenvalue weighted by Gasteiger charge is -2.17. The third kappa shape index (κ3) is 1.72. The zero-order valence-electron chi connectivity index (χ0n) is 10.4. The second-order valence-corrected chi connectivity index (χ2v) is 4.30. The Bertz CT molecular complexity index is 654. The molecule has 3 aromatic rings. The average molecular weight is 238 g/mol. The van der Waals surface area contributed by atoms with E-state index in [-0.39, 0.29) is 0 Å². The fourth-order valence-corrected chi connectivity index (χ4v) is 2.05. The van der Waals surface area contributed by atoms with Gasteiger partial charge >= 0.3 is 0 Å². The number of hydrogen-bond donors (Lipinski definition) is 1. The Balaban J connectivity index is 2.07. The molecule has 18 heavy (non-hydrogen) atoms. The molecule has 0 radical (unpaired) electrons. The predicted molar refractivity (Wildman–Crippen MR) is 73.1 cm³/mol. The predicted octanol–water partition coefficient (Wildman–Crippen LogP) is 3.03. The van der Waals surface area contributed by atoms with Crippen LogP contribution >= 0.6 is 0 Å². The summed E-state index contributed by atoms with van der Waals surface area (Å²) in [7, 11) is 2.00. The van der Waals surface area contributed by atoms with Gasteiger partial charge in [0.25, 0.3) is 0 Å². The molecule has 90 valence electrons. The van der Waals surface area contributed by atoms with Crippen LogP contribution in [0.1, 0.15) is 5.56 Å². The number of benzene rings is 1. The van der Waals surface area contributed by atoms with E-state index in [2.05, 4.69) is 15.0 Å². The normalized spacial score (nSPS) is 10.8. The molecule has 0 saturated carbocycles. The summed E-state index contributed by atoms with van der Waals surface area (Å²) in [5.41, 5.74) is 4.25. The summed E-state index contributed by atoms with van der Waals surface area (Å²) >= 11 is 0. The van der Waals surface area contributed by atoms with Crippen LogP contribution in [0.25, 0.3) is 11.0 Å². The van der Waals surface area contributed by atoms with E-state index in [1.54, 1.807) is 6.20 Å². The number of aromatic nitrogens is 3. The largest absolute Gasteiger partial charge is 0.324 e. The van der Waals surface area contributed by atoms with Crippen LogP contribution in [0.3, 0.4) is 0 Å². The number of nitrogens with one attached hydrogen (secondary N) is 1. The molecule has 3 rings (SSSR count). The quantitative estimate of drug-likeness (QED) is 0.746. The maximum atomic E-state index is 4.58. The number of para-hydroxylation sites is 2. The number of anilines is 2. The summed E-state index contributed by atoms with van der Waals surface area (Å²) in [6.07, 6.45) is 3.65. The molecule has 0 amide bonds. The van der Waals surface area contributed by atoms with Crippen molar-refractivity contribution in [3.63, 3.8) is 0 Å². The Morgan fingerprint density at radius 3 is 2.78 bits per heavy atom. The average Bonchev–Trinajstić information content (AvgIpc) is 2.82. The second kappa shape index (κ2) is 4.14. The summed E-state index contributed by atoms with van der Waals surface area (Å²) in [5.74, 6) is 0.838. The number of H-pyrrole nitrogens is 1. The zero-order chi connectivity index (χ0) is 12.5. The molecule has 1 N–H and O–H groups in total. The highest BCUT2D eigenvalue weighted by Crippen LogP contribution is 2.25. The zero-order valence-corrected chi connectivity index (χ0v) is 10.4. The minimum Gasteiger partial charge on any atom is -0.324 e. The van der Waals surface area contributed by atoms with E-state index in [4.69, 9.17) is 0 Å². The van der Waals surface area contributed by atoms with Crippen molar-refractivity contribution in [3.8, 4) is 0 Å². The van der Waals surface area contributed by atoms with Gasteiger partial charge in [0.1, 0.15) is 0 Å². The van der Waals surface area contributed by atoms with Gasteiger partial charge < -0.3 is 9.88 Å². The molecule has 4 heteroatoms.